The van der Waals surface area contributed by atoms with E-state index in [1.807, 2.05) is 6.92 Å². The van der Waals surface area contributed by atoms with Crippen molar-refractivity contribution in [2.24, 2.45) is 0 Å². The third-order valence-electron chi connectivity index (χ3n) is 7.11. The third-order valence-corrected chi connectivity index (χ3v) is 7.33. The number of ketones is 1. The van der Waals surface area contributed by atoms with E-state index in [2.05, 4.69) is 0 Å². The number of carbonyl (C=O) groups is 4. The molecule has 3 heterocycles. The zero-order valence-corrected chi connectivity index (χ0v) is 21.0. The molecule has 1 fully saturated rings. The molecule has 1 saturated heterocycles. The number of aryl methyl sites for hydroxylation is 1. The van der Waals surface area contributed by atoms with Gasteiger partial charge in [0.1, 0.15) is 11.4 Å². The van der Waals surface area contributed by atoms with Gasteiger partial charge in [0.15, 0.2) is 5.78 Å². The lowest BCUT2D eigenvalue weighted by Crippen LogP contribution is -2.52. The zero-order valence-electron chi connectivity index (χ0n) is 20.2. The van der Waals surface area contributed by atoms with Gasteiger partial charge in [-0.05, 0) is 63.6 Å². The van der Waals surface area contributed by atoms with E-state index in [9.17, 15) is 19.2 Å². The molecule has 7 nitrogen and oxygen atoms in total. The number of ether oxygens (including phenoxy) is 1. The fourth-order valence-corrected chi connectivity index (χ4v) is 5.55. The van der Waals surface area contributed by atoms with Crippen molar-refractivity contribution in [2.45, 2.75) is 58.1 Å². The van der Waals surface area contributed by atoms with Crippen LogP contribution >= 0.6 is 11.6 Å². The molecule has 3 aliphatic rings. The highest BCUT2D eigenvalue weighted by atomic mass is 35.5. The van der Waals surface area contributed by atoms with Gasteiger partial charge < -0.3 is 9.64 Å². The molecule has 3 amide bonds. The van der Waals surface area contributed by atoms with Gasteiger partial charge >= 0.3 is 0 Å². The monoisotopic (exact) mass is 494 g/mol. The number of imide groups is 1. The largest absolute Gasteiger partial charge is 0.486 e. The quantitative estimate of drug-likeness (QED) is 0.537. The topological polar surface area (TPSA) is 84.0 Å². The molecule has 2 aromatic carbocycles. The predicted molar refractivity (Wildman–Crippen MR) is 130 cm³/mol. The maximum atomic E-state index is 13.3. The van der Waals surface area contributed by atoms with Gasteiger partial charge in [0, 0.05) is 42.1 Å². The first-order chi connectivity index (χ1) is 16.4. The van der Waals surface area contributed by atoms with Crippen molar-refractivity contribution in [3.8, 4) is 5.75 Å². The van der Waals surface area contributed by atoms with Gasteiger partial charge in [0.05, 0.1) is 23.1 Å². The molecule has 182 valence electrons. The predicted octanol–water partition coefficient (Wildman–Crippen LogP) is 4.68. The molecule has 0 N–H and O–H groups in total. The van der Waals surface area contributed by atoms with E-state index >= 15 is 0 Å². The molecule has 0 aromatic heterocycles. The number of benzene rings is 2. The maximum Gasteiger partial charge on any atom is 0.262 e. The molecule has 35 heavy (non-hydrogen) atoms. The Bertz CT molecular complexity index is 1300. The van der Waals surface area contributed by atoms with Crippen LogP contribution in [0.2, 0.25) is 5.02 Å². The number of rotatable bonds is 1. The average Bonchev–Trinajstić information content (AvgIpc) is 3.04. The second-order valence-electron chi connectivity index (χ2n) is 10.7. The summed E-state index contributed by atoms with van der Waals surface area (Å²) >= 11 is 6.12. The summed E-state index contributed by atoms with van der Waals surface area (Å²) in [4.78, 5) is 54.8. The summed E-state index contributed by atoms with van der Waals surface area (Å²) in [5.41, 5.74) is 0.984. The van der Waals surface area contributed by atoms with Crippen molar-refractivity contribution in [1.82, 2.24) is 9.80 Å². The summed E-state index contributed by atoms with van der Waals surface area (Å²) in [7, 11) is 0. The van der Waals surface area contributed by atoms with Crippen LogP contribution in [0, 0.1) is 6.92 Å². The van der Waals surface area contributed by atoms with Crippen LogP contribution in [0.25, 0.3) is 0 Å². The zero-order chi connectivity index (χ0) is 25.3. The van der Waals surface area contributed by atoms with Crippen LogP contribution in [-0.2, 0) is 0 Å². The molecule has 2 aromatic rings. The molecule has 5 rings (SSSR count). The van der Waals surface area contributed by atoms with Crippen molar-refractivity contribution < 1.29 is 23.9 Å². The van der Waals surface area contributed by atoms with E-state index in [4.69, 9.17) is 16.3 Å². The van der Waals surface area contributed by atoms with Crippen molar-refractivity contribution in [2.75, 3.05) is 13.1 Å². The van der Waals surface area contributed by atoms with Gasteiger partial charge in [-0.25, -0.2) is 0 Å². The number of fused-ring (bicyclic) bond motifs is 2. The van der Waals surface area contributed by atoms with Crippen molar-refractivity contribution >= 4 is 35.1 Å². The Labute approximate surface area is 209 Å². The molecule has 0 saturated carbocycles. The van der Waals surface area contributed by atoms with Gasteiger partial charge in [-0.1, -0.05) is 11.6 Å². The van der Waals surface area contributed by atoms with Crippen LogP contribution in [0.5, 0.6) is 5.75 Å². The molecular weight excluding hydrogens is 468 g/mol. The summed E-state index contributed by atoms with van der Waals surface area (Å²) in [6.45, 7) is 8.12. The van der Waals surface area contributed by atoms with Gasteiger partial charge in [0.2, 0.25) is 0 Å². The average molecular weight is 495 g/mol. The summed E-state index contributed by atoms with van der Waals surface area (Å²) in [6, 6.07) is 8.13. The summed E-state index contributed by atoms with van der Waals surface area (Å²) in [6.07, 6.45) is 1.29. The Morgan fingerprint density at radius 2 is 1.63 bits per heavy atom. The molecular formula is C27H27ClN2O5. The third kappa shape index (κ3) is 3.82. The Kier molecular flexibility index (Phi) is 5.33. The summed E-state index contributed by atoms with van der Waals surface area (Å²) in [5.74, 6) is -0.347. The summed E-state index contributed by atoms with van der Waals surface area (Å²) < 4.78 is 6.38. The van der Waals surface area contributed by atoms with Crippen LogP contribution in [-0.4, -0.2) is 57.5 Å². The van der Waals surface area contributed by atoms with E-state index in [-0.39, 0.29) is 35.5 Å². The molecule has 1 spiro atoms. The van der Waals surface area contributed by atoms with Crippen molar-refractivity contribution in [1.29, 1.82) is 0 Å². The standard InChI is InChI=1S/C27H27ClN2O5/c1-15-11-17(28)13-20-21(31)14-27(35-22(15)20)7-9-29(10-8-27)23(32)16-5-6-18-19(12-16)25(34)30(24(18)33)26(2,3)4/h5-6,11-13H,7-10,14H2,1-4H3. The SMILES string of the molecule is Cc1cc(Cl)cc2c1OC1(CCN(C(=O)c3ccc4c(c3)C(=O)N(C(C)(C)C)C4=O)CC1)CC2=O. The van der Waals surface area contributed by atoms with E-state index in [1.54, 1.807) is 49.9 Å². The number of hydrogen-bond acceptors (Lipinski definition) is 5. The number of halogens is 1. The highest BCUT2D eigenvalue weighted by Gasteiger charge is 2.45. The molecule has 8 heteroatoms. The lowest BCUT2D eigenvalue weighted by Gasteiger charge is -2.44. The second kappa shape index (κ2) is 7.92. The van der Waals surface area contributed by atoms with Gasteiger partial charge in [-0.15, -0.1) is 0 Å². The molecule has 0 atom stereocenters. The molecule has 0 unspecified atom stereocenters. The van der Waals surface area contributed by atoms with Crippen LogP contribution in [0.4, 0.5) is 0 Å². The minimum Gasteiger partial charge on any atom is -0.486 e. The van der Waals surface area contributed by atoms with Crippen molar-refractivity contribution in [3.05, 3.63) is 63.2 Å². The number of carbonyl (C=O) groups excluding carboxylic acids is 4. The number of Topliss-reactive ketones (excluding diaryl/α,β-unsaturated/α-hetero) is 1. The fourth-order valence-electron chi connectivity index (χ4n) is 5.27. The second-order valence-corrected chi connectivity index (χ2v) is 11.1. The number of nitrogens with zero attached hydrogens (tertiary/aromatic N) is 2. The normalized spacial score (nSPS) is 19.1. The molecule has 0 bridgehead atoms. The number of amides is 3. The van der Waals surface area contributed by atoms with Crippen LogP contribution in [0.15, 0.2) is 30.3 Å². The maximum absolute atomic E-state index is 13.3. The highest BCUT2D eigenvalue weighted by Crippen LogP contribution is 2.42. The molecule has 0 aliphatic carbocycles. The van der Waals surface area contributed by atoms with E-state index in [0.29, 0.717) is 53.4 Å². The minimum absolute atomic E-state index is 0.00170. The minimum atomic E-state index is -0.654. The first-order valence-electron chi connectivity index (χ1n) is 11.7. The smallest absolute Gasteiger partial charge is 0.262 e. The van der Waals surface area contributed by atoms with Crippen LogP contribution in [0.3, 0.4) is 0 Å². The van der Waals surface area contributed by atoms with Crippen LogP contribution in [0.1, 0.15) is 87.0 Å². The number of likely N-dealkylation sites (tertiary alicyclic amines) is 1. The van der Waals surface area contributed by atoms with Crippen molar-refractivity contribution in [3.63, 3.8) is 0 Å². The van der Waals surface area contributed by atoms with E-state index in [0.717, 1.165) is 5.56 Å². The Morgan fingerprint density at radius 3 is 2.29 bits per heavy atom. The Morgan fingerprint density at radius 1 is 0.971 bits per heavy atom. The Balaban J connectivity index is 1.33. The Hall–Kier alpha value is -3.19. The first-order valence-corrected chi connectivity index (χ1v) is 12.1. The number of piperidine rings is 1. The first kappa shape index (κ1) is 23.5. The van der Waals surface area contributed by atoms with E-state index < -0.39 is 11.1 Å². The van der Waals surface area contributed by atoms with Crippen LogP contribution < -0.4 is 4.74 Å². The molecule has 0 radical (unpaired) electrons. The number of hydrogen-bond donors (Lipinski definition) is 0. The fraction of sp³-hybridized carbons (Fsp3) is 0.407. The van der Waals surface area contributed by atoms with Gasteiger partial charge in [-0.3, -0.25) is 24.1 Å². The van der Waals surface area contributed by atoms with E-state index in [1.165, 1.54) is 11.0 Å². The molecule has 3 aliphatic heterocycles. The van der Waals surface area contributed by atoms with Gasteiger partial charge in [-0.2, -0.15) is 0 Å². The lowest BCUT2D eigenvalue weighted by atomic mass is 9.82. The van der Waals surface area contributed by atoms with Gasteiger partial charge in [0.25, 0.3) is 17.7 Å². The summed E-state index contributed by atoms with van der Waals surface area (Å²) in [5, 5.41) is 0.509. The lowest BCUT2D eigenvalue weighted by molar-refractivity contribution is -0.00619. The highest BCUT2D eigenvalue weighted by molar-refractivity contribution is 6.31.